The van der Waals surface area contributed by atoms with Crippen molar-refractivity contribution in [2.75, 3.05) is 24.8 Å². The Kier molecular flexibility index (Phi) is 4.98. The van der Waals surface area contributed by atoms with Gasteiger partial charge < -0.3 is 20.5 Å². The predicted molar refractivity (Wildman–Crippen MR) is 82.8 cm³/mol. The number of methoxy groups -OCH3 is 1. The van der Waals surface area contributed by atoms with Crippen LogP contribution in [-0.4, -0.2) is 25.6 Å². The maximum absolute atomic E-state index is 11.8. The molecule has 2 aromatic carbocycles. The molecule has 0 heterocycles. The van der Waals surface area contributed by atoms with Gasteiger partial charge in [-0.3, -0.25) is 4.79 Å². The molecule has 0 aromatic heterocycles. The average molecular weight is 300 g/mol. The fraction of sp³-hybridized carbons (Fsp3) is 0.125. The first-order valence-electron chi connectivity index (χ1n) is 6.55. The minimum absolute atomic E-state index is 0.219. The number of benzene rings is 2. The Bertz CT molecular complexity index is 671. The van der Waals surface area contributed by atoms with Crippen LogP contribution in [0.2, 0.25) is 0 Å². The number of nitrogen functional groups attached to an aromatic ring is 1. The van der Waals surface area contributed by atoms with Gasteiger partial charge in [-0.2, -0.15) is 0 Å². The molecule has 0 saturated heterocycles. The number of carbonyl (C=O) groups is 2. The van der Waals surface area contributed by atoms with E-state index >= 15 is 0 Å². The molecule has 22 heavy (non-hydrogen) atoms. The van der Waals surface area contributed by atoms with Crippen LogP contribution in [0.15, 0.2) is 48.5 Å². The maximum atomic E-state index is 11.8. The van der Waals surface area contributed by atoms with Crippen LogP contribution in [0.25, 0.3) is 0 Å². The van der Waals surface area contributed by atoms with E-state index in [2.05, 4.69) is 10.1 Å². The molecule has 6 heteroatoms. The van der Waals surface area contributed by atoms with Crippen LogP contribution in [0.5, 0.6) is 5.75 Å². The van der Waals surface area contributed by atoms with Crippen molar-refractivity contribution in [2.24, 2.45) is 0 Å². The Hall–Kier alpha value is -3.02. The molecule has 2 aromatic rings. The van der Waals surface area contributed by atoms with E-state index in [1.54, 1.807) is 12.1 Å². The topological polar surface area (TPSA) is 90.7 Å². The van der Waals surface area contributed by atoms with Crippen molar-refractivity contribution in [3.05, 3.63) is 54.1 Å². The van der Waals surface area contributed by atoms with Crippen LogP contribution in [0.3, 0.4) is 0 Å². The second-order valence-electron chi connectivity index (χ2n) is 4.45. The molecule has 0 bridgehead atoms. The fourth-order valence-electron chi connectivity index (χ4n) is 1.77. The molecular formula is C16H16N2O4. The second kappa shape index (κ2) is 7.12. The number of nitrogens with two attached hydrogens (primary N) is 1. The minimum Gasteiger partial charge on any atom is -0.482 e. The van der Waals surface area contributed by atoms with E-state index in [0.29, 0.717) is 16.9 Å². The van der Waals surface area contributed by atoms with E-state index in [-0.39, 0.29) is 18.3 Å². The summed E-state index contributed by atoms with van der Waals surface area (Å²) in [7, 11) is 1.28. The minimum atomic E-state index is -0.501. The molecule has 0 fully saturated rings. The molecule has 6 nitrogen and oxygen atoms in total. The summed E-state index contributed by atoms with van der Waals surface area (Å²) in [5.41, 5.74) is 7.07. The summed E-state index contributed by atoms with van der Waals surface area (Å²) >= 11 is 0. The van der Waals surface area contributed by atoms with Crippen LogP contribution in [0.1, 0.15) is 10.4 Å². The smallest absolute Gasteiger partial charge is 0.337 e. The van der Waals surface area contributed by atoms with E-state index in [0.717, 1.165) is 0 Å². The Labute approximate surface area is 127 Å². The zero-order valence-electron chi connectivity index (χ0n) is 12.0. The summed E-state index contributed by atoms with van der Waals surface area (Å²) in [5.74, 6) is -0.571. The van der Waals surface area contributed by atoms with Crippen molar-refractivity contribution < 1.29 is 19.1 Å². The average Bonchev–Trinajstić information content (AvgIpc) is 2.54. The van der Waals surface area contributed by atoms with Crippen LogP contribution in [0.4, 0.5) is 11.4 Å². The fourth-order valence-corrected chi connectivity index (χ4v) is 1.77. The Morgan fingerprint density at radius 3 is 2.55 bits per heavy atom. The maximum Gasteiger partial charge on any atom is 0.337 e. The van der Waals surface area contributed by atoms with Gasteiger partial charge in [0.1, 0.15) is 5.75 Å². The molecule has 2 rings (SSSR count). The molecule has 114 valence electrons. The number of anilines is 2. The van der Waals surface area contributed by atoms with E-state index in [9.17, 15) is 9.59 Å². The van der Waals surface area contributed by atoms with Gasteiger partial charge in [0.25, 0.3) is 5.91 Å². The second-order valence-corrected chi connectivity index (χ2v) is 4.45. The van der Waals surface area contributed by atoms with Gasteiger partial charge in [-0.1, -0.05) is 18.2 Å². The van der Waals surface area contributed by atoms with Gasteiger partial charge >= 0.3 is 5.97 Å². The molecule has 0 spiro atoms. The van der Waals surface area contributed by atoms with Crippen molar-refractivity contribution in [1.82, 2.24) is 0 Å². The summed E-state index contributed by atoms with van der Waals surface area (Å²) in [4.78, 5) is 23.3. The summed E-state index contributed by atoms with van der Waals surface area (Å²) < 4.78 is 9.98. The van der Waals surface area contributed by atoms with Gasteiger partial charge in [-0.25, -0.2) is 4.79 Å². The molecule has 0 aliphatic heterocycles. The largest absolute Gasteiger partial charge is 0.482 e. The number of para-hydroxylation sites is 1. The third-order valence-electron chi connectivity index (χ3n) is 2.85. The lowest BCUT2D eigenvalue weighted by Gasteiger charge is -2.10. The molecule has 1 amide bonds. The number of rotatable bonds is 5. The molecule has 3 N–H and O–H groups in total. The van der Waals surface area contributed by atoms with Crippen LogP contribution < -0.4 is 15.8 Å². The summed E-state index contributed by atoms with van der Waals surface area (Å²) in [6.45, 7) is -0.219. The van der Waals surface area contributed by atoms with Gasteiger partial charge in [-0.05, 0) is 30.3 Å². The lowest BCUT2D eigenvalue weighted by Crippen LogP contribution is -2.20. The van der Waals surface area contributed by atoms with Crippen molar-refractivity contribution in [3.8, 4) is 5.75 Å². The van der Waals surface area contributed by atoms with Crippen molar-refractivity contribution in [3.63, 3.8) is 0 Å². The van der Waals surface area contributed by atoms with E-state index in [1.165, 1.54) is 25.3 Å². The Morgan fingerprint density at radius 2 is 1.86 bits per heavy atom. The van der Waals surface area contributed by atoms with Gasteiger partial charge in [0.05, 0.1) is 18.4 Å². The van der Waals surface area contributed by atoms with Crippen molar-refractivity contribution in [2.45, 2.75) is 0 Å². The lowest BCUT2D eigenvalue weighted by atomic mass is 10.2. The third-order valence-corrected chi connectivity index (χ3v) is 2.85. The van der Waals surface area contributed by atoms with Gasteiger partial charge in [0.2, 0.25) is 0 Å². The number of ether oxygens (including phenoxy) is 2. The van der Waals surface area contributed by atoms with Crippen molar-refractivity contribution >= 4 is 23.3 Å². The number of esters is 1. The standard InChI is InChI=1S/C16H16N2O4/c1-21-16(20)11-7-8-13(17)14(9-11)22-10-15(19)18-12-5-3-2-4-6-12/h2-9H,10,17H2,1H3,(H,18,19). The van der Waals surface area contributed by atoms with Crippen LogP contribution >= 0.6 is 0 Å². The number of amides is 1. The monoisotopic (exact) mass is 300 g/mol. The highest BCUT2D eigenvalue weighted by atomic mass is 16.5. The van der Waals surface area contributed by atoms with E-state index in [1.807, 2.05) is 18.2 Å². The SMILES string of the molecule is COC(=O)c1ccc(N)c(OCC(=O)Nc2ccccc2)c1. The Morgan fingerprint density at radius 1 is 1.14 bits per heavy atom. The highest BCUT2D eigenvalue weighted by molar-refractivity contribution is 5.92. The molecule has 0 aliphatic carbocycles. The first kappa shape index (κ1) is 15.4. The first-order chi connectivity index (χ1) is 10.6. The molecular weight excluding hydrogens is 284 g/mol. The molecule has 0 saturated carbocycles. The van der Waals surface area contributed by atoms with Gasteiger partial charge in [0.15, 0.2) is 6.61 Å². The van der Waals surface area contributed by atoms with Gasteiger partial charge in [-0.15, -0.1) is 0 Å². The third kappa shape index (κ3) is 3.99. The highest BCUT2D eigenvalue weighted by Gasteiger charge is 2.11. The van der Waals surface area contributed by atoms with E-state index in [4.69, 9.17) is 10.5 Å². The summed E-state index contributed by atoms with van der Waals surface area (Å²) in [5, 5.41) is 2.68. The molecule has 0 aliphatic rings. The number of hydrogen-bond donors (Lipinski definition) is 2. The predicted octanol–water partition coefficient (Wildman–Crippen LogP) is 2.07. The van der Waals surface area contributed by atoms with Crippen LogP contribution in [0, 0.1) is 0 Å². The number of carbonyl (C=O) groups excluding carboxylic acids is 2. The normalized spacial score (nSPS) is 9.86. The quantitative estimate of drug-likeness (QED) is 0.651. The number of hydrogen-bond acceptors (Lipinski definition) is 5. The molecule has 0 unspecified atom stereocenters. The van der Waals surface area contributed by atoms with Gasteiger partial charge in [0, 0.05) is 5.69 Å². The first-order valence-corrected chi connectivity index (χ1v) is 6.55. The van der Waals surface area contributed by atoms with Crippen molar-refractivity contribution in [1.29, 1.82) is 0 Å². The summed E-state index contributed by atoms with van der Waals surface area (Å²) in [6, 6.07) is 13.5. The molecule has 0 radical (unpaired) electrons. The zero-order chi connectivity index (χ0) is 15.9. The Balaban J connectivity index is 1.99. The summed E-state index contributed by atoms with van der Waals surface area (Å²) in [6.07, 6.45) is 0. The van der Waals surface area contributed by atoms with Crippen LogP contribution in [-0.2, 0) is 9.53 Å². The lowest BCUT2D eigenvalue weighted by molar-refractivity contribution is -0.118. The number of nitrogens with one attached hydrogen (secondary N) is 1. The van der Waals surface area contributed by atoms with E-state index < -0.39 is 5.97 Å². The highest BCUT2D eigenvalue weighted by Crippen LogP contribution is 2.23. The zero-order valence-corrected chi connectivity index (χ0v) is 12.0. The molecule has 0 atom stereocenters.